The van der Waals surface area contributed by atoms with E-state index in [0.717, 1.165) is 5.56 Å². The molecule has 1 aromatic rings. The number of aliphatic hydroxyl groups is 1. The highest BCUT2D eigenvalue weighted by molar-refractivity contribution is 5.94. The molecule has 4 nitrogen and oxygen atoms in total. The van der Waals surface area contributed by atoms with E-state index in [1.165, 1.54) is 4.90 Å². The van der Waals surface area contributed by atoms with Crippen LogP contribution in [0.15, 0.2) is 18.2 Å². The predicted molar refractivity (Wildman–Crippen MR) is 80.2 cm³/mol. The van der Waals surface area contributed by atoms with Gasteiger partial charge in [-0.3, -0.25) is 4.79 Å². The van der Waals surface area contributed by atoms with Gasteiger partial charge in [-0.2, -0.15) is 0 Å². The van der Waals surface area contributed by atoms with Crippen LogP contribution in [0.3, 0.4) is 0 Å². The van der Waals surface area contributed by atoms with Crippen LogP contribution in [0.25, 0.3) is 0 Å². The lowest BCUT2D eigenvalue weighted by Crippen LogP contribution is -2.34. The number of hydrogen-bond acceptors (Lipinski definition) is 3. The summed E-state index contributed by atoms with van der Waals surface area (Å²) in [4.78, 5) is 13.5. The molecule has 0 aliphatic heterocycles. The van der Waals surface area contributed by atoms with Gasteiger partial charge in [0, 0.05) is 19.7 Å². The van der Waals surface area contributed by atoms with E-state index in [4.69, 9.17) is 4.74 Å². The van der Waals surface area contributed by atoms with Crippen molar-refractivity contribution >= 4 is 5.91 Å². The van der Waals surface area contributed by atoms with E-state index in [-0.39, 0.29) is 12.5 Å². The summed E-state index contributed by atoms with van der Waals surface area (Å²) in [5.41, 5.74) is 0.732. The first-order chi connectivity index (χ1) is 9.33. The number of aryl methyl sites for hydroxylation is 1. The van der Waals surface area contributed by atoms with Gasteiger partial charge in [-0.05, 0) is 37.5 Å². The average Bonchev–Trinajstić information content (AvgIpc) is 2.45. The molecule has 0 heterocycles. The van der Waals surface area contributed by atoms with E-state index in [0.29, 0.717) is 24.2 Å². The van der Waals surface area contributed by atoms with Crippen molar-refractivity contribution in [2.24, 2.45) is 0 Å². The zero-order chi connectivity index (χ0) is 15.3. The Morgan fingerprint density at radius 3 is 2.40 bits per heavy atom. The van der Waals surface area contributed by atoms with Gasteiger partial charge in [0.1, 0.15) is 12.4 Å². The predicted octanol–water partition coefficient (Wildman–Crippen LogP) is 2.63. The van der Waals surface area contributed by atoms with Crippen LogP contribution >= 0.6 is 0 Å². The van der Waals surface area contributed by atoms with E-state index in [1.54, 1.807) is 26.2 Å². The van der Waals surface area contributed by atoms with Crippen molar-refractivity contribution in [3.05, 3.63) is 29.3 Å². The monoisotopic (exact) mass is 279 g/mol. The largest absolute Gasteiger partial charge is 0.490 e. The van der Waals surface area contributed by atoms with Gasteiger partial charge in [0.25, 0.3) is 5.91 Å². The molecule has 112 valence electrons. The molecule has 1 amide bonds. The standard InChI is InChI=1S/C16H25NO3/c1-6-16(19,7-2)11-20-14-10-13(9-8-12(14)3)15(18)17(4)5/h8-10,19H,6-7,11H2,1-5H3. The minimum atomic E-state index is -0.812. The number of rotatable bonds is 6. The Morgan fingerprint density at radius 1 is 1.30 bits per heavy atom. The zero-order valence-corrected chi connectivity index (χ0v) is 13.1. The molecule has 0 aromatic heterocycles. The van der Waals surface area contributed by atoms with E-state index < -0.39 is 5.60 Å². The molecule has 1 rings (SSSR count). The topological polar surface area (TPSA) is 49.8 Å². The molecule has 4 heteroatoms. The zero-order valence-electron chi connectivity index (χ0n) is 13.1. The number of nitrogens with zero attached hydrogens (tertiary/aromatic N) is 1. The van der Waals surface area contributed by atoms with Crippen LogP contribution in [-0.2, 0) is 0 Å². The maximum absolute atomic E-state index is 11.9. The van der Waals surface area contributed by atoms with Crippen molar-refractivity contribution < 1.29 is 14.6 Å². The fourth-order valence-electron chi connectivity index (χ4n) is 1.81. The first-order valence-electron chi connectivity index (χ1n) is 7.00. The summed E-state index contributed by atoms with van der Waals surface area (Å²) in [7, 11) is 3.44. The number of ether oxygens (including phenoxy) is 1. The summed E-state index contributed by atoms with van der Waals surface area (Å²) in [6, 6.07) is 5.39. The van der Waals surface area contributed by atoms with Crippen molar-refractivity contribution in [3.63, 3.8) is 0 Å². The van der Waals surface area contributed by atoms with Gasteiger partial charge in [-0.25, -0.2) is 0 Å². The van der Waals surface area contributed by atoms with Gasteiger partial charge < -0.3 is 14.7 Å². The van der Waals surface area contributed by atoms with Crippen LogP contribution < -0.4 is 4.74 Å². The summed E-state index contributed by atoms with van der Waals surface area (Å²) < 4.78 is 5.73. The van der Waals surface area contributed by atoms with Crippen LogP contribution in [0.4, 0.5) is 0 Å². The number of amides is 1. The van der Waals surface area contributed by atoms with Gasteiger partial charge in [0.2, 0.25) is 0 Å². The highest BCUT2D eigenvalue weighted by Crippen LogP contribution is 2.23. The highest BCUT2D eigenvalue weighted by Gasteiger charge is 2.23. The molecule has 0 fully saturated rings. The SMILES string of the molecule is CCC(O)(CC)COc1cc(C(=O)N(C)C)ccc1C. The van der Waals surface area contributed by atoms with Gasteiger partial charge in [-0.1, -0.05) is 19.9 Å². The Bertz CT molecular complexity index is 465. The Morgan fingerprint density at radius 2 is 1.90 bits per heavy atom. The number of carbonyl (C=O) groups is 1. The quantitative estimate of drug-likeness (QED) is 0.871. The summed E-state index contributed by atoms with van der Waals surface area (Å²) in [6.45, 7) is 6.04. The van der Waals surface area contributed by atoms with Crippen LogP contribution in [0.1, 0.15) is 42.6 Å². The molecule has 20 heavy (non-hydrogen) atoms. The number of hydrogen-bond donors (Lipinski definition) is 1. The molecule has 1 aromatic carbocycles. The minimum Gasteiger partial charge on any atom is -0.490 e. The first kappa shape index (κ1) is 16.5. The molecule has 0 atom stereocenters. The summed E-state index contributed by atoms with van der Waals surface area (Å²) >= 11 is 0. The molecular formula is C16H25NO3. The second kappa shape index (κ2) is 6.75. The van der Waals surface area contributed by atoms with Crippen LogP contribution in [0, 0.1) is 6.92 Å². The third-order valence-electron chi connectivity index (χ3n) is 3.65. The minimum absolute atomic E-state index is 0.0592. The van der Waals surface area contributed by atoms with E-state index in [1.807, 2.05) is 26.8 Å². The van der Waals surface area contributed by atoms with Gasteiger partial charge in [0.15, 0.2) is 0 Å². The van der Waals surface area contributed by atoms with E-state index in [2.05, 4.69) is 0 Å². The second-order valence-electron chi connectivity index (χ2n) is 5.40. The highest BCUT2D eigenvalue weighted by atomic mass is 16.5. The Labute approximate surface area is 121 Å². The van der Waals surface area contributed by atoms with Crippen LogP contribution in [0.5, 0.6) is 5.75 Å². The molecule has 1 N–H and O–H groups in total. The Hall–Kier alpha value is -1.55. The summed E-state index contributed by atoms with van der Waals surface area (Å²) in [6.07, 6.45) is 1.28. The van der Waals surface area contributed by atoms with E-state index in [9.17, 15) is 9.90 Å². The fourth-order valence-corrected chi connectivity index (χ4v) is 1.81. The first-order valence-corrected chi connectivity index (χ1v) is 7.00. The fraction of sp³-hybridized carbons (Fsp3) is 0.562. The molecule has 0 spiro atoms. The summed E-state index contributed by atoms with van der Waals surface area (Å²) in [5, 5.41) is 10.2. The van der Waals surface area contributed by atoms with E-state index >= 15 is 0 Å². The molecule has 0 aliphatic rings. The lowest BCUT2D eigenvalue weighted by molar-refractivity contribution is -0.0115. The van der Waals surface area contributed by atoms with Crippen molar-refractivity contribution in [2.75, 3.05) is 20.7 Å². The molecule has 0 unspecified atom stereocenters. The maximum Gasteiger partial charge on any atom is 0.253 e. The van der Waals surface area contributed by atoms with Crippen molar-refractivity contribution in [1.82, 2.24) is 4.90 Å². The normalized spacial score (nSPS) is 11.3. The third-order valence-corrected chi connectivity index (χ3v) is 3.65. The molecule has 0 saturated heterocycles. The molecule has 0 radical (unpaired) electrons. The van der Waals surface area contributed by atoms with Crippen LogP contribution in [0.2, 0.25) is 0 Å². The summed E-state index contributed by atoms with van der Waals surface area (Å²) in [5.74, 6) is 0.592. The molecule has 0 saturated carbocycles. The van der Waals surface area contributed by atoms with Gasteiger partial charge >= 0.3 is 0 Å². The number of benzene rings is 1. The Balaban J connectivity index is 2.90. The lowest BCUT2D eigenvalue weighted by atomic mass is 9.99. The number of carbonyl (C=O) groups excluding carboxylic acids is 1. The van der Waals surface area contributed by atoms with Crippen LogP contribution in [-0.4, -0.2) is 42.2 Å². The maximum atomic E-state index is 11.9. The molecule has 0 aliphatic carbocycles. The lowest BCUT2D eigenvalue weighted by Gasteiger charge is -2.25. The molecule has 0 bridgehead atoms. The van der Waals surface area contributed by atoms with Gasteiger partial charge in [-0.15, -0.1) is 0 Å². The second-order valence-corrected chi connectivity index (χ2v) is 5.40. The van der Waals surface area contributed by atoms with Crippen molar-refractivity contribution in [3.8, 4) is 5.75 Å². The van der Waals surface area contributed by atoms with Gasteiger partial charge in [0.05, 0.1) is 5.60 Å². The third kappa shape index (κ3) is 3.97. The average molecular weight is 279 g/mol. The molecular weight excluding hydrogens is 254 g/mol. The van der Waals surface area contributed by atoms with Crippen molar-refractivity contribution in [2.45, 2.75) is 39.2 Å². The smallest absolute Gasteiger partial charge is 0.253 e. The van der Waals surface area contributed by atoms with Crippen molar-refractivity contribution in [1.29, 1.82) is 0 Å². The Kier molecular flexibility index (Phi) is 5.57.